The van der Waals surface area contributed by atoms with Gasteiger partial charge in [0.2, 0.25) is 5.91 Å². The average molecular weight is 449 g/mol. The van der Waals surface area contributed by atoms with E-state index in [1.165, 1.54) is 4.68 Å². The summed E-state index contributed by atoms with van der Waals surface area (Å²) in [6.07, 6.45) is -5.00. The third kappa shape index (κ3) is 5.88. The van der Waals surface area contributed by atoms with Crippen molar-refractivity contribution >= 4 is 23.8 Å². The van der Waals surface area contributed by atoms with Crippen LogP contribution in [-0.2, 0) is 15.8 Å². The molecule has 2 aromatic carbocycles. The second kappa shape index (κ2) is 9.25. The summed E-state index contributed by atoms with van der Waals surface area (Å²) < 4.78 is 43.6. The van der Waals surface area contributed by atoms with Crippen LogP contribution in [0.2, 0.25) is 0 Å². The van der Waals surface area contributed by atoms with E-state index in [9.17, 15) is 22.8 Å². The number of aliphatic carboxylic acids is 1. The number of nitrogens with zero attached hydrogens (tertiary/aromatic N) is 2. The van der Waals surface area contributed by atoms with Crippen LogP contribution in [-0.4, -0.2) is 26.8 Å². The van der Waals surface area contributed by atoms with Crippen molar-refractivity contribution in [1.29, 1.82) is 0 Å². The highest BCUT2D eigenvalue weighted by Gasteiger charge is 2.35. The van der Waals surface area contributed by atoms with E-state index in [4.69, 9.17) is 5.11 Å². The number of aromatic nitrogens is 2. The Morgan fingerprint density at radius 3 is 2.29 bits per heavy atom. The van der Waals surface area contributed by atoms with Crippen molar-refractivity contribution in [3.05, 3.63) is 65.9 Å². The molecule has 0 aliphatic carbocycles. The van der Waals surface area contributed by atoms with Gasteiger partial charge >= 0.3 is 12.1 Å². The first-order valence-electron chi connectivity index (χ1n) is 9.16. The van der Waals surface area contributed by atoms with Crippen molar-refractivity contribution in [1.82, 2.24) is 14.5 Å². The molecule has 2 N–H and O–H groups in total. The monoisotopic (exact) mass is 449 g/mol. The Bertz CT molecular complexity index is 1080. The largest absolute Gasteiger partial charge is 0.481 e. The lowest BCUT2D eigenvalue weighted by Gasteiger charge is -2.09. The molecule has 3 rings (SSSR count). The van der Waals surface area contributed by atoms with Crippen LogP contribution in [0.4, 0.5) is 13.2 Å². The molecule has 3 aromatic rings. The average Bonchev–Trinajstić information content (AvgIpc) is 3.17. The second-order valence-electron chi connectivity index (χ2n) is 6.71. The van der Waals surface area contributed by atoms with E-state index in [0.29, 0.717) is 21.8 Å². The van der Waals surface area contributed by atoms with E-state index in [1.807, 2.05) is 19.1 Å². The molecule has 31 heavy (non-hydrogen) atoms. The number of alkyl halides is 3. The minimum absolute atomic E-state index is 0.145. The highest BCUT2D eigenvalue weighted by atomic mass is 32.2. The van der Waals surface area contributed by atoms with Gasteiger partial charge in [-0.2, -0.15) is 18.3 Å². The lowest BCUT2D eigenvalue weighted by Crippen LogP contribution is -2.16. The molecule has 0 aliphatic heterocycles. The van der Waals surface area contributed by atoms with Crippen LogP contribution in [0.5, 0.6) is 0 Å². The molecule has 0 aliphatic rings. The van der Waals surface area contributed by atoms with Gasteiger partial charge < -0.3 is 5.11 Å². The Kier molecular flexibility index (Phi) is 6.69. The molecule has 6 nitrogen and oxygen atoms in total. The van der Waals surface area contributed by atoms with E-state index in [-0.39, 0.29) is 12.8 Å². The number of amides is 1. The summed E-state index contributed by atoms with van der Waals surface area (Å²) in [4.78, 5) is 22.7. The van der Waals surface area contributed by atoms with Gasteiger partial charge in [0.05, 0.1) is 17.8 Å². The lowest BCUT2D eigenvalue weighted by atomic mass is 10.1. The molecular formula is C21H18F3N3O3S. The number of carbonyl (C=O) groups is 2. The van der Waals surface area contributed by atoms with Crippen molar-refractivity contribution in [3.8, 4) is 16.9 Å². The summed E-state index contributed by atoms with van der Waals surface area (Å²) in [5.41, 5.74) is 1.31. The minimum atomic E-state index is -4.58. The van der Waals surface area contributed by atoms with E-state index >= 15 is 0 Å². The maximum atomic E-state index is 13.3. The highest BCUT2D eigenvalue weighted by Crippen LogP contribution is 2.33. The first-order valence-corrected chi connectivity index (χ1v) is 9.97. The van der Waals surface area contributed by atoms with Gasteiger partial charge in [-0.05, 0) is 49.2 Å². The van der Waals surface area contributed by atoms with Gasteiger partial charge in [-0.15, -0.1) is 0 Å². The number of benzene rings is 2. The first-order chi connectivity index (χ1) is 14.6. The SMILES string of the molecule is Cc1ccc(-c2cc(C(F)(F)F)nn2-c2ccc(SNC(=O)CCC(=O)O)cc2)cc1. The number of carboxylic acids is 1. The molecule has 0 spiro atoms. The predicted molar refractivity (Wildman–Crippen MR) is 110 cm³/mol. The Balaban J connectivity index is 1.83. The van der Waals surface area contributed by atoms with Gasteiger partial charge in [0.15, 0.2) is 5.69 Å². The zero-order chi connectivity index (χ0) is 22.6. The van der Waals surface area contributed by atoms with Crippen molar-refractivity contribution in [2.45, 2.75) is 30.8 Å². The molecule has 0 fully saturated rings. The van der Waals surface area contributed by atoms with Gasteiger partial charge in [0.25, 0.3) is 0 Å². The molecule has 10 heteroatoms. The zero-order valence-corrected chi connectivity index (χ0v) is 17.1. The summed E-state index contributed by atoms with van der Waals surface area (Å²) in [5, 5.41) is 12.3. The number of rotatable bonds is 7. The number of nitrogens with one attached hydrogen (secondary N) is 1. The fraction of sp³-hybridized carbons (Fsp3) is 0.190. The molecule has 1 amide bonds. The van der Waals surface area contributed by atoms with Crippen LogP contribution in [0.1, 0.15) is 24.1 Å². The maximum absolute atomic E-state index is 13.3. The second-order valence-corrected chi connectivity index (χ2v) is 7.58. The number of hydrogen-bond donors (Lipinski definition) is 2. The smallest absolute Gasteiger partial charge is 0.435 e. The van der Waals surface area contributed by atoms with E-state index in [1.54, 1.807) is 36.4 Å². The summed E-state index contributed by atoms with van der Waals surface area (Å²) in [6.45, 7) is 1.89. The van der Waals surface area contributed by atoms with Crippen LogP contribution in [0.3, 0.4) is 0 Å². The maximum Gasteiger partial charge on any atom is 0.435 e. The van der Waals surface area contributed by atoms with Crippen LogP contribution in [0, 0.1) is 6.92 Å². The Hall–Kier alpha value is -3.27. The minimum Gasteiger partial charge on any atom is -0.481 e. The summed E-state index contributed by atoms with van der Waals surface area (Å²) in [7, 11) is 0. The van der Waals surface area contributed by atoms with Crippen LogP contribution < -0.4 is 4.72 Å². The van der Waals surface area contributed by atoms with Gasteiger partial charge in [-0.3, -0.25) is 14.3 Å². The molecule has 0 atom stereocenters. The predicted octanol–water partition coefficient (Wildman–Crippen LogP) is 4.85. The Labute approximate surface area is 180 Å². The van der Waals surface area contributed by atoms with Gasteiger partial charge in [0, 0.05) is 16.9 Å². The van der Waals surface area contributed by atoms with Crippen molar-refractivity contribution in [2.24, 2.45) is 0 Å². The fourth-order valence-electron chi connectivity index (χ4n) is 2.69. The number of carboxylic acid groups (broad SMARTS) is 1. The lowest BCUT2D eigenvalue weighted by molar-refractivity contribution is -0.141. The molecule has 162 valence electrons. The Morgan fingerprint density at radius 1 is 1.06 bits per heavy atom. The van der Waals surface area contributed by atoms with E-state index < -0.39 is 23.7 Å². The number of hydrogen-bond acceptors (Lipinski definition) is 4. The molecule has 0 unspecified atom stereocenters. The van der Waals surface area contributed by atoms with Crippen molar-refractivity contribution in [3.63, 3.8) is 0 Å². The molecule has 0 bridgehead atoms. The van der Waals surface area contributed by atoms with Crippen molar-refractivity contribution < 1.29 is 27.9 Å². The van der Waals surface area contributed by atoms with Crippen LogP contribution in [0.25, 0.3) is 16.9 Å². The normalized spacial score (nSPS) is 11.4. The molecule has 0 saturated heterocycles. The summed E-state index contributed by atoms with van der Waals surface area (Å²) >= 11 is 0.994. The fourth-order valence-corrected chi connectivity index (χ4v) is 3.30. The number of aryl methyl sites for hydroxylation is 1. The van der Waals surface area contributed by atoms with E-state index in [2.05, 4.69) is 9.82 Å². The topological polar surface area (TPSA) is 84.2 Å². The molecular weight excluding hydrogens is 431 g/mol. The number of halogens is 3. The molecule has 1 aromatic heterocycles. The van der Waals surface area contributed by atoms with Gasteiger partial charge in [-0.1, -0.05) is 29.8 Å². The molecule has 0 radical (unpaired) electrons. The van der Waals surface area contributed by atoms with Crippen molar-refractivity contribution in [2.75, 3.05) is 0 Å². The summed E-state index contributed by atoms with van der Waals surface area (Å²) in [6, 6.07) is 14.6. The third-order valence-corrected chi connectivity index (χ3v) is 5.11. The molecule has 1 heterocycles. The molecule has 0 saturated carbocycles. The van der Waals surface area contributed by atoms with Crippen LogP contribution in [0.15, 0.2) is 59.5 Å². The quantitative estimate of drug-likeness (QED) is 0.504. The van der Waals surface area contributed by atoms with Gasteiger partial charge in [0.1, 0.15) is 0 Å². The third-order valence-electron chi connectivity index (χ3n) is 4.28. The van der Waals surface area contributed by atoms with Crippen LogP contribution >= 0.6 is 11.9 Å². The van der Waals surface area contributed by atoms with E-state index in [0.717, 1.165) is 23.6 Å². The Morgan fingerprint density at radius 2 is 1.71 bits per heavy atom. The summed E-state index contributed by atoms with van der Waals surface area (Å²) in [5.74, 6) is -1.49. The van der Waals surface area contributed by atoms with Gasteiger partial charge in [-0.25, -0.2) is 4.68 Å². The first kappa shape index (κ1) is 22.4. The zero-order valence-electron chi connectivity index (χ0n) is 16.3. The standard InChI is InChI=1S/C21H18F3N3O3S/c1-13-2-4-14(5-3-13)17-12-18(21(22,23)24)25-27(17)15-6-8-16(9-7-15)31-26-19(28)10-11-20(29)30/h2-9,12H,10-11H2,1H3,(H,26,28)(H,29,30). The highest BCUT2D eigenvalue weighted by molar-refractivity contribution is 7.98. The number of carbonyl (C=O) groups excluding carboxylic acids is 1.